The third kappa shape index (κ3) is 3.63. The summed E-state index contributed by atoms with van der Waals surface area (Å²) < 4.78 is 0. The lowest BCUT2D eigenvalue weighted by Crippen LogP contribution is -2.09. The van der Waals surface area contributed by atoms with Crippen molar-refractivity contribution >= 4 is 0 Å². The van der Waals surface area contributed by atoms with Crippen LogP contribution in [0.2, 0.25) is 0 Å². The van der Waals surface area contributed by atoms with Crippen molar-refractivity contribution in [3.8, 4) is 0 Å². The van der Waals surface area contributed by atoms with Gasteiger partial charge in [-0.3, -0.25) is 0 Å². The lowest BCUT2D eigenvalue weighted by atomic mass is 9.82. The summed E-state index contributed by atoms with van der Waals surface area (Å²) in [7, 11) is 0. The monoisotopic (exact) mass is 178 g/mol. The first-order valence-electron chi connectivity index (χ1n) is 4.96. The van der Waals surface area contributed by atoms with Gasteiger partial charge in [-0.15, -0.1) is 0 Å². The minimum atomic E-state index is 0.214. The Morgan fingerprint density at radius 2 is 1.85 bits per heavy atom. The van der Waals surface area contributed by atoms with Gasteiger partial charge in [0.1, 0.15) is 0 Å². The summed E-state index contributed by atoms with van der Waals surface area (Å²) in [4.78, 5) is 0. The molecule has 0 N–H and O–H groups in total. The molecule has 0 saturated heterocycles. The molecule has 0 unspecified atom stereocenters. The molecule has 0 aliphatic rings. The Hall–Kier alpha value is -0.780. The predicted molar refractivity (Wildman–Crippen MR) is 61.8 cm³/mol. The molecular weight excluding hydrogens is 156 g/mol. The Morgan fingerprint density at radius 1 is 1.31 bits per heavy atom. The van der Waals surface area contributed by atoms with Gasteiger partial charge >= 0.3 is 0 Å². The molecule has 0 aromatic rings. The molecule has 0 aromatic carbocycles. The maximum absolute atomic E-state index is 3.86. The molecule has 0 aliphatic carbocycles. The molecule has 13 heavy (non-hydrogen) atoms. The first-order valence-corrected chi connectivity index (χ1v) is 4.96. The molecule has 0 fully saturated rings. The van der Waals surface area contributed by atoms with E-state index in [1.807, 2.05) is 6.08 Å². The highest BCUT2D eigenvalue weighted by atomic mass is 14.2. The molecule has 0 aromatic heterocycles. The second kappa shape index (κ2) is 5.06. The van der Waals surface area contributed by atoms with E-state index in [1.165, 1.54) is 11.1 Å². The molecule has 0 bridgehead atoms. The molecule has 0 heteroatoms. The van der Waals surface area contributed by atoms with Crippen LogP contribution in [0.15, 0.2) is 36.0 Å². The van der Waals surface area contributed by atoms with Crippen LogP contribution in [0.1, 0.15) is 41.0 Å². The van der Waals surface area contributed by atoms with Gasteiger partial charge in [-0.05, 0) is 29.9 Å². The quantitative estimate of drug-likeness (QED) is 0.558. The van der Waals surface area contributed by atoms with Gasteiger partial charge in [-0.25, -0.2) is 0 Å². The predicted octanol–water partition coefficient (Wildman–Crippen LogP) is 4.50. The third-order valence-electron chi connectivity index (χ3n) is 2.11. The van der Waals surface area contributed by atoms with Gasteiger partial charge in [-0.2, -0.15) is 0 Å². The van der Waals surface area contributed by atoms with Crippen molar-refractivity contribution in [2.45, 2.75) is 41.0 Å². The third-order valence-corrected chi connectivity index (χ3v) is 2.11. The second-order valence-electron chi connectivity index (χ2n) is 4.25. The van der Waals surface area contributed by atoms with Crippen LogP contribution < -0.4 is 0 Å². The standard InChI is InChI=1S/C13H22/c1-7-10-12(13(4,5)6)11(8-2)9-3/h7-8,10H,2,9H2,1,3-6H3/b10-7-,12-11-. The molecule has 0 saturated carbocycles. The van der Waals surface area contributed by atoms with Crippen molar-refractivity contribution in [2.24, 2.45) is 5.41 Å². The number of hydrogen-bond donors (Lipinski definition) is 0. The van der Waals surface area contributed by atoms with Crippen molar-refractivity contribution in [2.75, 3.05) is 0 Å². The van der Waals surface area contributed by atoms with Gasteiger partial charge in [0.25, 0.3) is 0 Å². The summed E-state index contributed by atoms with van der Waals surface area (Å²) in [5.41, 5.74) is 2.96. The van der Waals surface area contributed by atoms with Crippen LogP contribution in [0, 0.1) is 5.41 Å². The molecule has 0 radical (unpaired) electrons. The average Bonchev–Trinajstić information content (AvgIpc) is 2.03. The Balaban J connectivity index is 5.21. The van der Waals surface area contributed by atoms with Crippen LogP contribution in [0.25, 0.3) is 0 Å². The maximum atomic E-state index is 3.86. The van der Waals surface area contributed by atoms with Crippen molar-refractivity contribution in [3.05, 3.63) is 36.0 Å². The van der Waals surface area contributed by atoms with Crippen molar-refractivity contribution in [1.82, 2.24) is 0 Å². The van der Waals surface area contributed by atoms with E-state index in [4.69, 9.17) is 0 Å². The van der Waals surface area contributed by atoms with Gasteiger partial charge in [-0.1, -0.05) is 52.5 Å². The van der Waals surface area contributed by atoms with Gasteiger partial charge in [0, 0.05) is 0 Å². The van der Waals surface area contributed by atoms with Crippen LogP contribution in [-0.2, 0) is 0 Å². The summed E-state index contributed by atoms with van der Waals surface area (Å²) in [5, 5.41) is 0. The fourth-order valence-corrected chi connectivity index (χ4v) is 1.45. The van der Waals surface area contributed by atoms with E-state index in [-0.39, 0.29) is 5.41 Å². The number of hydrogen-bond acceptors (Lipinski definition) is 0. The molecular formula is C13H22. The van der Waals surface area contributed by atoms with E-state index in [0.717, 1.165) is 6.42 Å². The van der Waals surface area contributed by atoms with E-state index in [9.17, 15) is 0 Å². The summed E-state index contributed by atoms with van der Waals surface area (Å²) in [6, 6.07) is 0. The Labute approximate surface area is 83.0 Å². The molecule has 0 amide bonds. The normalized spacial score (nSPS) is 14.5. The summed E-state index contributed by atoms with van der Waals surface area (Å²) >= 11 is 0. The molecule has 0 rings (SSSR count). The molecule has 0 nitrogen and oxygen atoms in total. The minimum absolute atomic E-state index is 0.214. The Kier molecular flexibility index (Phi) is 4.76. The molecule has 0 heterocycles. The SMILES string of the molecule is C=C/C(CC)=C(\C=C/C)C(C)(C)C. The van der Waals surface area contributed by atoms with E-state index < -0.39 is 0 Å². The lowest BCUT2D eigenvalue weighted by Gasteiger charge is -2.23. The highest BCUT2D eigenvalue weighted by molar-refractivity contribution is 5.35. The zero-order valence-electron chi connectivity index (χ0n) is 9.65. The second-order valence-corrected chi connectivity index (χ2v) is 4.25. The molecule has 74 valence electrons. The molecule has 0 atom stereocenters. The zero-order chi connectivity index (χ0) is 10.5. The van der Waals surface area contributed by atoms with Crippen molar-refractivity contribution in [3.63, 3.8) is 0 Å². The fourth-order valence-electron chi connectivity index (χ4n) is 1.45. The number of allylic oxidation sites excluding steroid dienone is 5. The van der Waals surface area contributed by atoms with E-state index in [2.05, 4.69) is 53.3 Å². The van der Waals surface area contributed by atoms with Crippen LogP contribution in [0.3, 0.4) is 0 Å². The van der Waals surface area contributed by atoms with Crippen molar-refractivity contribution in [1.29, 1.82) is 0 Å². The topological polar surface area (TPSA) is 0 Å². The summed E-state index contributed by atoms with van der Waals surface area (Å²) in [6.45, 7) is 14.8. The van der Waals surface area contributed by atoms with Gasteiger partial charge < -0.3 is 0 Å². The van der Waals surface area contributed by atoms with Gasteiger partial charge in [0.15, 0.2) is 0 Å². The Morgan fingerprint density at radius 3 is 2.08 bits per heavy atom. The maximum Gasteiger partial charge on any atom is -0.0129 e. The minimum Gasteiger partial charge on any atom is -0.0988 e. The molecule has 0 aliphatic heterocycles. The zero-order valence-corrected chi connectivity index (χ0v) is 9.65. The van der Waals surface area contributed by atoms with Gasteiger partial charge in [0.2, 0.25) is 0 Å². The largest absolute Gasteiger partial charge is 0.0988 e. The first kappa shape index (κ1) is 12.2. The fraction of sp³-hybridized carbons (Fsp3) is 0.538. The van der Waals surface area contributed by atoms with Crippen LogP contribution in [0.4, 0.5) is 0 Å². The average molecular weight is 178 g/mol. The van der Waals surface area contributed by atoms with E-state index in [0.29, 0.717) is 0 Å². The van der Waals surface area contributed by atoms with E-state index >= 15 is 0 Å². The van der Waals surface area contributed by atoms with Crippen LogP contribution in [-0.4, -0.2) is 0 Å². The van der Waals surface area contributed by atoms with E-state index in [1.54, 1.807) is 0 Å². The van der Waals surface area contributed by atoms with Gasteiger partial charge in [0.05, 0.1) is 0 Å². The highest BCUT2D eigenvalue weighted by Crippen LogP contribution is 2.30. The summed E-state index contributed by atoms with van der Waals surface area (Å²) in [5.74, 6) is 0. The Bertz CT molecular complexity index is 221. The van der Waals surface area contributed by atoms with Crippen LogP contribution in [0.5, 0.6) is 0 Å². The molecule has 0 spiro atoms. The van der Waals surface area contributed by atoms with Crippen LogP contribution >= 0.6 is 0 Å². The highest BCUT2D eigenvalue weighted by Gasteiger charge is 2.16. The first-order chi connectivity index (χ1) is 5.97. The van der Waals surface area contributed by atoms with Crippen molar-refractivity contribution < 1.29 is 0 Å². The smallest absolute Gasteiger partial charge is 0.0129 e. The lowest BCUT2D eigenvalue weighted by molar-refractivity contribution is 0.511. The summed E-state index contributed by atoms with van der Waals surface area (Å²) in [6.07, 6.45) is 7.32. The number of rotatable bonds is 3.